The molecule has 3 aromatic rings. The van der Waals surface area contributed by atoms with Gasteiger partial charge in [-0.05, 0) is 51.5 Å². The minimum absolute atomic E-state index is 0.00446. The number of amides is 1. The molecular formula is C18H23N5OS2. The molecule has 6 nitrogen and oxygen atoms in total. The second-order valence-corrected chi connectivity index (χ2v) is 10.1. The lowest BCUT2D eigenvalue weighted by atomic mass is 9.89. The number of aromatic nitrogens is 4. The van der Waals surface area contributed by atoms with E-state index in [1.807, 2.05) is 25.2 Å². The lowest BCUT2D eigenvalue weighted by Crippen LogP contribution is -2.41. The first-order valence-corrected chi connectivity index (χ1v) is 10.7. The molecule has 1 N–H and O–H groups in total. The Morgan fingerprint density at radius 2 is 2.23 bits per heavy atom. The maximum absolute atomic E-state index is 12.1. The number of thioether (sulfide) groups is 1. The molecule has 0 aromatic carbocycles. The molecule has 0 saturated carbocycles. The van der Waals surface area contributed by atoms with Crippen LogP contribution in [0.1, 0.15) is 44.6 Å². The molecule has 138 valence electrons. The highest BCUT2D eigenvalue weighted by Crippen LogP contribution is 2.39. The lowest BCUT2D eigenvalue weighted by Gasteiger charge is -2.20. The van der Waals surface area contributed by atoms with Gasteiger partial charge in [0.05, 0.1) is 11.1 Å². The maximum atomic E-state index is 12.1. The van der Waals surface area contributed by atoms with Gasteiger partial charge in [-0.15, -0.1) is 21.5 Å². The Morgan fingerprint density at radius 3 is 3.00 bits per heavy atom. The number of thiophene rings is 1. The number of nitrogens with zero attached hydrogens (tertiary/aromatic N) is 4. The summed E-state index contributed by atoms with van der Waals surface area (Å²) in [4.78, 5) is 19.2. The zero-order valence-electron chi connectivity index (χ0n) is 15.5. The summed E-state index contributed by atoms with van der Waals surface area (Å²) in [6, 6.07) is 0. The van der Waals surface area contributed by atoms with E-state index in [0.29, 0.717) is 10.9 Å². The van der Waals surface area contributed by atoms with Crippen molar-refractivity contribution in [3.8, 4) is 0 Å². The molecule has 0 saturated heterocycles. The first-order chi connectivity index (χ1) is 12.3. The van der Waals surface area contributed by atoms with Gasteiger partial charge in [-0.2, -0.15) is 0 Å². The van der Waals surface area contributed by atoms with E-state index in [1.165, 1.54) is 28.6 Å². The molecule has 26 heavy (non-hydrogen) atoms. The molecule has 1 amide bonds. The van der Waals surface area contributed by atoms with Gasteiger partial charge in [-0.3, -0.25) is 9.20 Å². The highest BCUT2D eigenvalue weighted by atomic mass is 32.2. The second kappa shape index (κ2) is 6.49. The molecule has 8 heteroatoms. The number of fused-ring (bicyclic) bond motifs is 5. The molecule has 3 aromatic heterocycles. The molecule has 0 unspecified atom stereocenters. The molecule has 4 rings (SSSR count). The Balaban J connectivity index is 1.64. The monoisotopic (exact) mass is 389 g/mol. The third kappa shape index (κ3) is 3.32. The Morgan fingerprint density at radius 1 is 1.42 bits per heavy atom. The van der Waals surface area contributed by atoms with Gasteiger partial charge >= 0.3 is 0 Å². The van der Waals surface area contributed by atoms with E-state index >= 15 is 0 Å². The summed E-state index contributed by atoms with van der Waals surface area (Å²) in [6.45, 7) is 8.24. The van der Waals surface area contributed by atoms with Crippen LogP contribution in [-0.4, -0.2) is 36.8 Å². The van der Waals surface area contributed by atoms with E-state index in [0.717, 1.165) is 34.6 Å². The predicted octanol–water partition coefficient (Wildman–Crippen LogP) is 3.47. The van der Waals surface area contributed by atoms with Gasteiger partial charge in [0.1, 0.15) is 11.2 Å². The van der Waals surface area contributed by atoms with Gasteiger partial charge in [0.25, 0.3) is 0 Å². The molecule has 1 aliphatic carbocycles. The highest BCUT2D eigenvalue weighted by molar-refractivity contribution is 7.99. The zero-order chi connectivity index (χ0) is 18.5. The van der Waals surface area contributed by atoms with E-state index in [9.17, 15) is 4.79 Å². The average molecular weight is 390 g/mol. The third-order valence-electron chi connectivity index (χ3n) is 4.52. The van der Waals surface area contributed by atoms with Gasteiger partial charge in [0.2, 0.25) is 5.91 Å². The van der Waals surface area contributed by atoms with Crippen molar-refractivity contribution < 1.29 is 4.79 Å². The van der Waals surface area contributed by atoms with Crippen molar-refractivity contribution in [1.82, 2.24) is 24.9 Å². The minimum atomic E-state index is -0.231. The molecule has 1 aliphatic rings. The highest BCUT2D eigenvalue weighted by Gasteiger charge is 2.24. The van der Waals surface area contributed by atoms with Crippen LogP contribution in [0, 0.1) is 5.92 Å². The van der Waals surface area contributed by atoms with E-state index in [1.54, 1.807) is 17.7 Å². The summed E-state index contributed by atoms with van der Waals surface area (Å²) in [7, 11) is 0. The van der Waals surface area contributed by atoms with Crippen molar-refractivity contribution in [2.24, 2.45) is 5.92 Å². The average Bonchev–Trinajstić information content (AvgIpc) is 3.10. The number of aryl methyl sites for hydroxylation is 1. The van der Waals surface area contributed by atoms with Gasteiger partial charge in [-0.1, -0.05) is 18.7 Å². The van der Waals surface area contributed by atoms with Gasteiger partial charge in [0, 0.05) is 10.4 Å². The molecule has 3 heterocycles. The first-order valence-electron chi connectivity index (χ1n) is 8.89. The van der Waals surface area contributed by atoms with Crippen LogP contribution in [0.3, 0.4) is 0 Å². The molecular weight excluding hydrogens is 366 g/mol. The van der Waals surface area contributed by atoms with Crippen LogP contribution < -0.4 is 5.32 Å². The second-order valence-electron chi connectivity index (χ2n) is 8.04. The van der Waals surface area contributed by atoms with E-state index < -0.39 is 0 Å². The summed E-state index contributed by atoms with van der Waals surface area (Å²) in [5.74, 6) is 1.04. The summed E-state index contributed by atoms with van der Waals surface area (Å²) < 4.78 is 1.92. The normalized spacial score (nSPS) is 17.6. The molecule has 0 spiro atoms. The van der Waals surface area contributed by atoms with Crippen LogP contribution in [0.5, 0.6) is 0 Å². The fourth-order valence-electron chi connectivity index (χ4n) is 3.40. The summed E-state index contributed by atoms with van der Waals surface area (Å²) in [6.07, 6.45) is 5.21. The molecule has 0 aliphatic heterocycles. The predicted molar refractivity (Wildman–Crippen MR) is 106 cm³/mol. The maximum Gasteiger partial charge on any atom is 0.230 e. The Kier molecular flexibility index (Phi) is 4.43. The SMILES string of the molecule is C[C@@H]1CCc2c(sc3ncn4c(SCC(=O)NC(C)(C)C)nnc4c23)C1. The largest absolute Gasteiger partial charge is 0.351 e. The Bertz CT molecular complexity index is 985. The molecule has 0 bridgehead atoms. The Labute approximate surface area is 160 Å². The van der Waals surface area contributed by atoms with Crippen molar-refractivity contribution in [3.05, 3.63) is 16.8 Å². The quantitative estimate of drug-likeness (QED) is 0.695. The van der Waals surface area contributed by atoms with Crippen molar-refractivity contribution in [2.45, 2.75) is 57.7 Å². The van der Waals surface area contributed by atoms with Crippen molar-refractivity contribution in [1.29, 1.82) is 0 Å². The number of rotatable bonds is 3. The molecule has 1 atom stereocenters. The van der Waals surface area contributed by atoms with Gasteiger partial charge in [-0.25, -0.2) is 4.98 Å². The minimum Gasteiger partial charge on any atom is -0.351 e. The Hall–Kier alpha value is -1.67. The van der Waals surface area contributed by atoms with Crippen LogP contribution in [-0.2, 0) is 17.6 Å². The summed E-state index contributed by atoms with van der Waals surface area (Å²) in [5, 5.41) is 13.6. The fraction of sp³-hybridized carbons (Fsp3) is 0.556. The smallest absolute Gasteiger partial charge is 0.230 e. The van der Waals surface area contributed by atoms with Gasteiger partial charge in [0.15, 0.2) is 10.8 Å². The van der Waals surface area contributed by atoms with Gasteiger partial charge < -0.3 is 5.32 Å². The molecule has 0 radical (unpaired) electrons. The summed E-state index contributed by atoms with van der Waals surface area (Å²) >= 11 is 3.18. The van der Waals surface area contributed by atoms with Crippen LogP contribution in [0.4, 0.5) is 0 Å². The van der Waals surface area contributed by atoms with Crippen LogP contribution in [0.2, 0.25) is 0 Å². The lowest BCUT2D eigenvalue weighted by molar-refractivity contribution is -0.119. The van der Waals surface area contributed by atoms with E-state index in [-0.39, 0.29) is 11.4 Å². The van der Waals surface area contributed by atoms with Crippen LogP contribution in [0.25, 0.3) is 15.9 Å². The molecule has 0 fully saturated rings. The number of hydrogen-bond donors (Lipinski definition) is 1. The van der Waals surface area contributed by atoms with Crippen LogP contribution in [0.15, 0.2) is 11.5 Å². The van der Waals surface area contributed by atoms with Crippen molar-refractivity contribution in [3.63, 3.8) is 0 Å². The number of carbonyl (C=O) groups excluding carboxylic acids is 1. The van der Waals surface area contributed by atoms with E-state index in [2.05, 4.69) is 27.4 Å². The summed E-state index contributed by atoms with van der Waals surface area (Å²) in [5.41, 5.74) is 2.03. The first kappa shape index (κ1) is 17.7. The third-order valence-corrected chi connectivity index (χ3v) is 6.62. The number of hydrogen-bond acceptors (Lipinski definition) is 6. The number of carbonyl (C=O) groups is 1. The fourth-order valence-corrected chi connectivity index (χ4v) is 5.45. The standard InChI is InChI=1S/C18H23N5OS2/c1-10-5-6-11-12(7-10)26-16-14(11)15-21-22-17(23(15)9-19-16)25-8-13(24)20-18(2,3)4/h9-10H,5-8H2,1-4H3,(H,20,24)/t10-/m1/s1. The van der Waals surface area contributed by atoms with Crippen molar-refractivity contribution in [2.75, 3.05) is 5.75 Å². The van der Waals surface area contributed by atoms with Crippen LogP contribution >= 0.6 is 23.1 Å². The van der Waals surface area contributed by atoms with Crippen molar-refractivity contribution >= 4 is 44.9 Å². The topological polar surface area (TPSA) is 72.2 Å². The zero-order valence-corrected chi connectivity index (χ0v) is 17.1. The van der Waals surface area contributed by atoms with E-state index in [4.69, 9.17) is 0 Å². The number of nitrogens with one attached hydrogen (secondary N) is 1.